The number of carboxylic acids is 2. The minimum Gasteiger partial charge on any atom is -0.550 e. The second-order valence-electron chi connectivity index (χ2n) is 5.03. The van der Waals surface area contributed by atoms with Crippen molar-refractivity contribution in [1.29, 1.82) is 0 Å². The van der Waals surface area contributed by atoms with Gasteiger partial charge in [-0.1, -0.05) is 57.7 Å². The van der Waals surface area contributed by atoms with E-state index in [1.54, 1.807) is 0 Å². The highest BCUT2D eigenvalue weighted by atomic mass is 127. The van der Waals surface area contributed by atoms with Crippen LogP contribution in [0.1, 0.15) is 65.2 Å². The fourth-order valence-corrected chi connectivity index (χ4v) is 2.21. The number of halogens is 1. The summed E-state index contributed by atoms with van der Waals surface area (Å²) >= 11 is -0.941. The van der Waals surface area contributed by atoms with Gasteiger partial charge in [-0.15, -0.1) is 0 Å². The van der Waals surface area contributed by atoms with Gasteiger partial charge in [-0.3, -0.25) is 3.07 Å². The number of hydrogen-bond donors (Lipinski definition) is 0. The van der Waals surface area contributed by atoms with E-state index in [2.05, 4.69) is 0 Å². The fourth-order valence-electron chi connectivity index (χ4n) is 1.50. The Bertz CT molecular complexity index is 414. The van der Waals surface area contributed by atoms with Gasteiger partial charge < -0.3 is 19.8 Å². The number of aliphatic carboxylic acids is 2. The van der Waals surface area contributed by atoms with E-state index in [-0.39, 0.29) is 12.8 Å². The maximum atomic E-state index is 10.2. The van der Waals surface area contributed by atoms with Crippen LogP contribution in [-0.2, 0) is 12.7 Å². The molecule has 1 rings (SSSR count). The first-order chi connectivity index (χ1) is 11.5. The molecule has 0 aliphatic heterocycles. The average Bonchev–Trinajstić information content (AvgIpc) is 2.57. The summed E-state index contributed by atoms with van der Waals surface area (Å²) in [5, 5.41) is 19.5. The third-order valence-electron chi connectivity index (χ3n) is 2.79. The van der Waals surface area contributed by atoms with Crippen LogP contribution in [-0.4, -0.2) is 11.9 Å². The van der Waals surface area contributed by atoms with E-state index in [9.17, 15) is 22.9 Å². The number of benzene rings is 1. The highest BCUT2D eigenvalue weighted by Gasteiger charge is 1.85. The monoisotopic (exact) mass is 450 g/mol. The van der Waals surface area contributed by atoms with Crippen molar-refractivity contribution in [2.45, 2.75) is 65.2 Å². The zero-order chi connectivity index (χ0) is 18.6. The van der Waals surface area contributed by atoms with Gasteiger partial charge in [0.15, 0.2) is 21.2 Å². The first-order valence-electron chi connectivity index (χ1n) is 8.19. The molecule has 0 saturated carbocycles. The molecule has 24 heavy (non-hydrogen) atoms. The summed E-state index contributed by atoms with van der Waals surface area (Å²) < 4.78 is 11.2. The van der Waals surface area contributed by atoms with Crippen LogP contribution in [0, 0.1) is 3.57 Å². The van der Waals surface area contributed by atoms with Gasteiger partial charge in [-0.25, -0.2) is 0 Å². The van der Waals surface area contributed by atoms with Crippen molar-refractivity contribution in [3.63, 3.8) is 0 Å². The Morgan fingerprint density at radius 1 is 0.833 bits per heavy atom. The second-order valence-corrected chi connectivity index (χ2v) is 6.72. The molecule has 1 aromatic rings. The van der Waals surface area contributed by atoms with Crippen molar-refractivity contribution in [1.82, 2.24) is 0 Å². The summed E-state index contributed by atoms with van der Waals surface area (Å²) in [6, 6.07) is 9.46. The van der Waals surface area contributed by atoms with Crippen LogP contribution in [0.15, 0.2) is 30.3 Å². The molecule has 5 nitrogen and oxygen atoms in total. The van der Waals surface area contributed by atoms with Crippen molar-refractivity contribution >= 4 is 33.1 Å². The van der Waals surface area contributed by atoms with E-state index in [0.29, 0.717) is 0 Å². The lowest BCUT2D eigenvalue weighted by Gasteiger charge is -1.97. The number of unbranched alkanes of at least 4 members (excludes halogenated alkanes) is 4. The van der Waals surface area contributed by atoms with Crippen molar-refractivity contribution in [3.05, 3.63) is 33.9 Å². The standard InChI is InChI=1S/C6H5IO.2C6H12O2/c8-7-6-4-2-1-3-5-6;2*1-2-3-4-5-6(7)8/h1-5H;2*2-5H2,1H3,(H,7,8)/p-2. The van der Waals surface area contributed by atoms with Crippen molar-refractivity contribution < 1.29 is 22.9 Å². The molecular formula is C18H27IO5-2. The average molecular weight is 450 g/mol. The number of rotatable bonds is 9. The highest BCUT2D eigenvalue weighted by Crippen LogP contribution is 2.06. The molecule has 0 amide bonds. The van der Waals surface area contributed by atoms with Crippen LogP contribution in [0.3, 0.4) is 0 Å². The quantitative estimate of drug-likeness (QED) is 0.426. The molecule has 138 valence electrons. The molecule has 0 N–H and O–H groups in total. The molecule has 1 aromatic carbocycles. The minimum absolute atomic E-state index is 0.216. The SMILES string of the molecule is CCCCCC(=O)[O-].CCCCCC(=O)[O-].O=Ic1ccccc1. The molecule has 0 atom stereocenters. The number of carbonyl (C=O) groups excluding carboxylic acids is 2. The van der Waals surface area contributed by atoms with Crippen LogP contribution in [0.4, 0.5) is 0 Å². The Morgan fingerprint density at radius 2 is 1.25 bits per heavy atom. The van der Waals surface area contributed by atoms with E-state index in [0.717, 1.165) is 42.1 Å². The van der Waals surface area contributed by atoms with Crippen molar-refractivity contribution in [3.8, 4) is 0 Å². The third-order valence-corrected chi connectivity index (χ3v) is 4.02. The topological polar surface area (TPSA) is 97.3 Å². The lowest BCUT2D eigenvalue weighted by molar-refractivity contribution is -0.307. The number of carboxylic acid groups (broad SMARTS) is 2. The zero-order valence-corrected chi connectivity index (χ0v) is 16.6. The Hall–Kier alpha value is -1.31. The Balaban J connectivity index is 0. The Morgan fingerprint density at radius 3 is 1.50 bits per heavy atom. The smallest absolute Gasteiger partial charge is 0.182 e. The summed E-state index contributed by atoms with van der Waals surface area (Å²) in [6.07, 6.45) is 6.07. The third kappa shape index (κ3) is 23.0. The van der Waals surface area contributed by atoms with Gasteiger partial charge in [-0.2, -0.15) is 0 Å². The molecule has 6 heteroatoms. The molecule has 0 aromatic heterocycles. The van der Waals surface area contributed by atoms with E-state index in [1.807, 2.05) is 44.2 Å². The van der Waals surface area contributed by atoms with Crippen LogP contribution >= 0.6 is 21.2 Å². The van der Waals surface area contributed by atoms with Gasteiger partial charge in [0.05, 0.1) is 0 Å². The van der Waals surface area contributed by atoms with Crippen molar-refractivity contribution in [2.24, 2.45) is 0 Å². The highest BCUT2D eigenvalue weighted by molar-refractivity contribution is 14.1. The number of hydrogen-bond acceptors (Lipinski definition) is 5. The predicted octanol–water partition coefficient (Wildman–Crippen LogP) is 2.81. The normalized spacial score (nSPS) is 9.08. The van der Waals surface area contributed by atoms with Crippen LogP contribution in [0.2, 0.25) is 0 Å². The summed E-state index contributed by atoms with van der Waals surface area (Å²) in [5.41, 5.74) is 0. The van der Waals surface area contributed by atoms with Gasteiger partial charge in [0.2, 0.25) is 0 Å². The van der Waals surface area contributed by atoms with Crippen molar-refractivity contribution in [2.75, 3.05) is 0 Å². The minimum atomic E-state index is -0.941. The molecule has 0 radical (unpaired) electrons. The molecule has 0 saturated heterocycles. The Labute approximate surface area is 155 Å². The summed E-state index contributed by atoms with van der Waals surface area (Å²) in [6.45, 7) is 4.07. The summed E-state index contributed by atoms with van der Waals surface area (Å²) in [4.78, 5) is 19.5. The van der Waals surface area contributed by atoms with Gasteiger partial charge in [0.1, 0.15) is 0 Å². The predicted molar refractivity (Wildman–Crippen MR) is 98.1 cm³/mol. The van der Waals surface area contributed by atoms with E-state index in [4.69, 9.17) is 0 Å². The van der Waals surface area contributed by atoms with Gasteiger partial charge in [0, 0.05) is 15.5 Å². The van der Waals surface area contributed by atoms with Gasteiger partial charge >= 0.3 is 0 Å². The molecule has 0 unspecified atom stereocenters. The molecule has 0 bridgehead atoms. The van der Waals surface area contributed by atoms with Crippen LogP contribution in [0.25, 0.3) is 0 Å². The van der Waals surface area contributed by atoms with E-state index < -0.39 is 33.1 Å². The van der Waals surface area contributed by atoms with E-state index in [1.165, 1.54) is 0 Å². The molecule has 0 aliphatic rings. The van der Waals surface area contributed by atoms with E-state index >= 15 is 0 Å². The first kappa shape index (κ1) is 24.9. The Kier molecular flexibility index (Phi) is 20.5. The number of carbonyl (C=O) groups is 2. The first-order valence-corrected chi connectivity index (χ1v) is 10.2. The lowest BCUT2D eigenvalue weighted by Crippen LogP contribution is -2.21. The maximum Gasteiger partial charge on any atom is 0.182 e. The molecule has 0 fully saturated rings. The van der Waals surface area contributed by atoms with Crippen LogP contribution < -0.4 is 10.2 Å². The largest absolute Gasteiger partial charge is 0.550 e. The summed E-state index contributed by atoms with van der Waals surface area (Å²) in [5.74, 6) is -1.86. The zero-order valence-electron chi connectivity index (χ0n) is 14.5. The van der Waals surface area contributed by atoms with Crippen LogP contribution in [0.5, 0.6) is 0 Å². The second kappa shape index (κ2) is 19.7. The molecule has 0 spiro atoms. The summed E-state index contributed by atoms with van der Waals surface area (Å²) in [7, 11) is 0. The molecule has 0 aliphatic carbocycles. The molecular weight excluding hydrogens is 423 g/mol. The fraction of sp³-hybridized carbons (Fsp3) is 0.556. The molecule has 0 heterocycles. The maximum absolute atomic E-state index is 10.2. The lowest BCUT2D eigenvalue weighted by atomic mass is 10.2. The van der Waals surface area contributed by atoms with Gasteiger partial charge in [-0.05, 0) is 37.8 Å². The van der Waals surface area contributed by atoms with Gasteiger partial charge in [0.25, 0.3) is 0 Å².